The minimum absolute atomic E-state index is 0.0955. The molecule has 0 fully saturated rings. The van der Waals surface area contributed by atoms with Crippen LogP contribution in [0.3, 0.4) is 0 Å². The van der Waals surface area contributed by atoms with Crippen LogP contribution in [-0.2, 0) is 22.3 Å². The van der Waals surface area contributed by atoms with Crippen LogP contribution in [0.2, 0.25) is 0 Å². The van der Waals surface area contributed by atoms with E-state index in [2.05, 4.69) is 10.3 Å². The Morgan fingerprint density at radius 2 is 1.97 bits per heavy atom. The summed E-state index contributed by atoms with van der Waals surface area (Å²) in [5, 5.41) is 3.30. The number of rotatable bonds is 8. The lowest BCUT2D eigenvalue weighted by Crippen LogP contribution is -2.36. The number of methoxy groups -OCH3 is 1. The van der Waals surface area contributed by atoms with Gasteiger partial charge in [0.1, 0.15) is 0 Å². The quantitative estimate of drug-likeness (QED) is 0.533. The summed E-state index contributed by atoms with van der Waals surface area (Å²) in [5.74, 6) is -0.1000. The van der Waals surface area contributed by atoms with Crippen LogP contribution >= 0.6 is 11.8 Å². The van der Waals surface area contributed by atoms with Gasteiger partial charge in [0, 0.05) is 13.2 Å². The highest BCUT2D eigenvalue weighted by molar-refractivity contribution is 7.99. The predicted molar refractivity (Wildman–Crippen MR) is 110 cm³/mol. The van der Waals surface area contributed by atoms with E-state index in [1.54, 1.807) is 7.11 Å². The zero-order valence-corrected chi connectivity index (χ0v) is 17.4. The maximum Gasteiger partial charge on any atom is 0.416 e. The second-order valence-corrected chi connectivity index (χ2v) is 7.82. The molecule has 0 aliphatic rings. The standard InChI is InChI=1S/C21H22F3N3O2S/c1-14(12-29-2)25-19(28)13-30-20-26-17-10-16(21(22,23)24)8-9-18(17)27(20)11-15-6-4-3-5-7-15/h3-10,14H,11-13H2,1-2H3,(H,25,28). The van der Waals surface area contributed by atoms with E-state index < -0.39 is 11.7 Å². The monoisotopic (exact) mass is 437 g/mol. The molecule has 30 heavy (non-hydrogen) atoms. The van der Waals surface area contributed by atoms with Crippen molar-refractivity contribution in [1.29, 1.82) is 0 Å². The summed E-state index contributed by atoms with van der Waals surface area (Å²) in [6, 6.07) is 12.9. The number of carbonyl (C=O) groups excluding carboxylic acids is 1. The molecular weight excluding hydrogens is 415 g/mol. The van der Waals surface area contributed by atoms with E-state index >= 15 is 0 Å². The number of hydrogen-bond acceptors (Lipinski definition) is 4. The fraction of sp³-hybridized carbons (Fsp3) is 0.333. The molecule has 0 spiro atoms. The maximum atomic E-state index is 13.1. The molecule has 1 unspecified atom stereocenters. The van der Waals surface area contributed by atoms with E-state index in [1.807, 2.05) is 41.8 Å². The Morgan fingerprint density at radius 3 is 2.63 bits per heavy atom. The average molecular weight is 437 g/mol. The largest absolute Gasteiger partial charge is 0.416 e. The number of aromatic nitrogens is 2. The highest BCUT2D eigenvalue weighted by Crippen LogP contribution is 2.33. The minimum atomic E-state index is -4.44. The number of halogens is 3. The first-order valence-electron chi connectivity index (χ1n) is 9.30. The Kier molecular flexibility index (Phi) is 7.04. The topological polar surface area (TPSA) is 56.1 Å². The van der Waals surface area contributed by atoms with Crippen LogP contribution in [-0.4, -0.2) is 41.0 Å². The van der Waals surface area contributed by atoms with Crippen LogP contribution < -0.4 is 5.32 Å². The number of nitrogens with one attached hydrogen (secondary N) is 1. The van der Waals surface area contributed by atoms with Crippen LogP contribution in [0.25, 0.3) is 11.0 Å². The highest BCUT2D eigenvalue weighted by Gasteiger charge is 2.31. The molecule has 0 saturated heterocycles. The van der Waals surface area contributed by atoms with Crippen molar-refractivity contribution in [1.82, 2.24) is 14.9 Å². The predicted octanol–water partition coefficient (Wildman–Crippen LogP) is 4.35. The first kappa shape index (κ1) is 22.2. The van der Waals surface area contributed by atoms with Gasteiger partial charge in [-0.25, -0.2) is 4.98 Å². The number of benzene rings is 2. The summed E-state index contributed by atoms with van der Waals surface area (Å²) in [7, 11) is 1.55. The molecule has 0 bridgehead atoms. The number of nitrogens with zero attached hydrogens (tertiary/aromatic N) is 2. The van der Waals surface area contributed by atoms with Gasteiger partial charge in [-0.2, -0.15) is 13.2 Å². The Bertz CT molecular complexity index is 1010. The van der Waals surface area contributed by atoms with Gasteiger partial charge in [-0.3, -0.25) is 4.79 Å². The second kappa shape index (κ2) is 9.53. The number of carbonyl (C=O) groups is 1. The van der Waals surface area contributed by atoms with Gasteiger partial charge in [-0.15, -0.1) is 0 Å². The SMILES string of the molecule is COCC(C)NC(=O)CSc1nc2cc(C(F)(F)F)ccc2n1Cc1ccccc1. The van der Waals surface area contributed by atoms with Crippen LogP contribution in [0.1, 0.15) is 18.1 Å². The van der Waals surface area contributed by atoms with E-state index in [4.69, 9.17) is 4.74 Å². The molecule has 1 atom stereocenters. The summed E-state index contributed by atoms with van der Waals surface area (Å²) >= 11 is 1.19. The smallest absolute Gasteiger partial charge is 0.383 e. The maximum absolute atomic E-state index is 13.1. The zero-order chi connectivity index (χ0) is 21.7. The van der Waals surface area contributed by atoms with Gasteiger partial charge in [0.2, 0.25) is 5.91 Å². The molecule has 1 N–H and O–H groups in total. The van der Waals surface area contributed by atoms with E-state index in [0.29, 0.717) is 23.8 Å². The van der Waals surface area contributed by atoms with E-state index in [9.17, 15) is 18.0 Å². The third-order valence-corrected chi connectivity index (χ3v) is 5.36. The Morgan fingerprint density at radius 1 is 1.23 bits per heavy atom. The third-order valence-electron chi connectivity index (χ3n) is 4.38. The minimum Gasteiger partial charge on any atom is -0.383 e. The van der Waals surface area contributed by atoms with Crippen molar-refractivity contribution < 1.29 is 22.7 Å². The molecule has 3 rings (SSSR count). The lowest BCUT2D eigenvalue weighted by molar-refractivity contribution is -0.137. The second-order valence-electron chi connectivity index (χ2n) is 6.88. The van der Waals surface area contributed by atoms with Gasteiger partial charge < -0.3 is 14.6 Å². The Labute approximate surface area is 176 Å². The van der Waals surface area contributed by atoms with Crippen LogP contribution in [0, 0.1) is 0 Å². The van der Waals surface area contributed by atoms with Crippen molar-refractivity contribution in [3.63, 3.8) is 0 Å². The van der Waals surface area contributed by atoms with E-state index in [0.717, 1.165) is 17.7 Å². The van der Waals surface area contributed by atoms with Gasteiger partial charge in [0.25, 0.3) is 0 Å². The van der Waals surface area contributed by atoms with Crippen molar-refractivity contribution in [2.75, 3.05) is 19.5 Å². The first-order valence-corrected chi connectivity index (χ1v) is 10.3. The van der Waals surface area contributed by atoms with Crippen molar-refractivity contribution in [2.45, 2.75) is 30.8 Å². The summed E-state index contributed by atoms with van der Waals surface area (Å²) in [6.45, 7) is 2.66. The fourth-order valence-corrected chi connectivity index (χ4v) is 3.88. The zero-order valence-electron chi connectivity index (χ0n) is 16.6. The molecule has 9 heteroatoms. The number of imidazole rings is 1. The lowest BCUT2D eigenvalue weighted by atomic mass is 10.2. The normalized spacial score (nSPS) is 12.8. The van der Waals surface area contributed by atoms with Crippen molar-refractivity contribution >= 4 is 28.7 Å². The fourth-order valence-electron chi connectivity index (χ4n) is 3.05. The molecule has 3 aromatic rings. The molecule has 0 radical (unpaired) electrons. The lowest BCUT2D eigenvalue weighted by Gasteiger charge is -2.13. The molecule has 1 amide bonds. The summed E-state index contributed by atoms with van der Waals surface area (Å²) < 4.78 is 46.2. The Balaban J connectivity index is 1.88. The van der Waals surface area contributed by atoms with Crippen LogP contribution in [0.15, 0.2) is 53.7 Å². The number of hydrogen-bond donors (Lipinski definition) is 1. The number of thioether (sulfide) groups is 1. The van der Waals surface area contributed by atoms with Gasteiger partial charge >= 0.3 is 6.18 Å². The highest BCUT2D eigenvalue weighted by atomic mass is 32.2. The summed E-state index contributed by atoms with van der Waals surface area (Å²) in [6.07, 6.45) is -4.44. The number of ether oxygens (including phenoxy) is 1. The number of amides is 1. The number of fused-ring (bicyclic) bond motifs is 1. The average Bonchev–Trinajstić information content (AvgIpc) is 3.03. The summed E-state index contributed by atoms with van der Waals surface area (Å²) in [5.41, 5.74) is 1.07. The molecule has 1 aromatic heterocycles. The van der Waals surface area contributed by atoms with Crippen molar-refractivity contribution in [3.05, 3.63) is 59.7 Å². The van der Waals surface area contributed by atoms with Crippen molar-refractivity contribution in [2.24, 2.45) is 0 Å². The van der Waals surface area contributed by atoms with Crippen molar-refractivity contribution in [3.8, 4) is 0 Å². The molecule has 160 valence electrons. The van der Waals surface area contributed by atoms with Crippen LogP contribution in [0.4, 0.5) is 13.2 Å². The third kappa shape index (κ3) is 5.54. The van der Waals surface area contributed by atoms with Gasteiger partial charge in [0.05, 0.1) is 35.5 Å². The molecule has 2 aromatic carbocycles. The Hall–Kier alpha value is -2.52. The van der Waals surface area contributed by atoms with Gasteiger partial charge in [0.15, 0.2) is 5.16 Å². The number of alkyl halides is 3. The molecule has 5 nitrogen and oxygen atoms in total. The van der Waals surface area contributed by atoms with E-state index in [1.165, 1.54) is 17.8 Å². The van der Waals surface area contributed by atoms with Gasteiger partial charge in [-0.05, 0) is 30.7 Å². The molecule has 0 aliphatic heterocycles. The summed E-state index contributed by atoms with van der Waals surface area (Å²) in [4.78, 5) is 16.6. The van der Waals surface area contributed by atoms with Gasteiger partial charge in [-0.1, -0.05) is 42.1 Å². The molecular formula is C21H22F3N3O2S. The van der Waals surface area contributed by atoms with Crippen LogP contribution in [0.5, 0.6) is 0 Å². The molecule has 0 aliphatic carbocycles. The molecule has 1 heterocycles. The first-order chi connectivity index (χ1) is 14.3. The molecule has 0 saturated carbocycles. The van der Waals surface area contributed by atoms with E-state index in [-0.39, 0.29) is 23.2 Å².